The third-order valence-electron chi connectivity index (χ3n) is 5.49. The number of nitrogens with two attached hydrogens (primary N) is 1. The van der Waals surface area contributed by atoms with Crippen LogP contribution in [-0.2, 0) is 7.05 Å². The molecule has 34 heavy (non-hydrogen) atoms. The Labute approximate surface area is 198 Å². The summed E-state index contributed by atoms with van der Waals surface area (Å²) >= 11 is 0. The van der Waals surface area contributed by atoms with Gasteiger partial charge >= 0.3 is 0 Å². The molecule has 3 N–H and O–H groups in total. The number of rotatable bonds is 9. The number of hydrogen-bond acceptors (Lipinski definition) is 7. The van der Waals surface area contributed by atoms with Crippen molar-refractivity contribution in [2.75, 3.05) is 25.1 Å². The van der Waals surface area contributed by atoms with Crippen molar-refractivity contribution < 1.29 is 9.53 Å². The molecule has 0 bridgehead atoms. The molecule has 0 radical (unpaired) electrons. The van der Waals surface area contributed by atoms with Gasteiger partial charge in [-0.05, 0) is 36.4 Å². The zero-order valence-electron chi connectivity index (χ0n) is 19.8. The molecule has 1 amide bonds. The Morgan fingerprint density at radius 1 is 1.15 bits per heavy atom. The van der Waals surface area contributed by atoms with Gasteiger partial charge in [0, 0.05) is 66.3 Å². The second kappa shape index (κ2) is 9.88. The predicted octanol–water partition coefficient (Wildman–Crippen LogP) is 3.27. The minimum Gasteiger partial charge on any atom is -0.497 e. The lowest BCUT2D eigenvalue weighted by molar-refractivity contribution is 0.1000. The summed E-state index contributed by atoms with van der Waals surface area (Å²) in [6.45, 7) is 5.63. The summed E-state index contributed by atoms with van der Waals surface area (Å²) in [4.78, 5) is 14.1. The summed E-state index contributed by atoms with van der Waals surface area (Å²) in [6, 6.07) is 13.7. The zero-order chi connectivity index (χ0) is 24.2. The van der Waals surface area contributed by atoms with E-state index in [0.717, 1.165) is 40.1 Å². The van der Waals surface area contributed by atoms with Crippen LogP contribution in [0.25, 0.3) is 22.2 Å². The van der Waals surface area contributed by atoms with Gasteiger partial charge in [0.05, 0.1) is 24.5 Å². The Balaban J connectivity index is 1.78. The maximum atomic E-state index is 11.9. The minimum atomic E-state index is -0.504. The van der Waals surface area contributed by atoms with Gasteiger partial charge in [0.25, 0.3) is 0 Å². The van der Waals surface area contributed by atoms with Crippen molar-refractivity contribution in [2.24, 2.45) is 12.8 Å². The lowest BCUT2D eigenvalue weighted by Gasteiger charge is -2.27. The van der Waals surface area contributed by atoms with Gasteiger partial charge in [-0.2, -0.15) is 5.10 Å². The second-order valence-electron chi connectivity index (χ2n) is 8.42. The van der Waals surface area contributed by atoms with E-state index in [2.05, 4.69) is 45.4 Å². The van der Waals surface area contributed by atoms with Crippen molar-refractivity contribution in [2.45, 2.75) is 19.9 Å². The Bertz CT molecular complexity index is 1320. The molecule has 0 aliphatic carbocycles. The Kier molecular flexibility index (Phi) is 6.74. The number of carbonyl (C=O) groups is 1. The van der Waals surface area contributed by atoms with Gasteiger partial charge in [0.1, 0.15) is 5.75 Å². The number of nitrogens with zero attached hydrogens (tertiary/aromatic N) is 5. The van der Waals surface area contributed by atoms with Gasteiger partial charge in [0.2, 0.25) is 5.91 Å². The van der Waals surface area contributed by atoms with Crippen LogP contribution in [0.2, 0.25) is 0 Å². The van der Waals surface area contributed by atoms with E-state index in [1.807, 2.05) is 37.5 Å². The third-order valence-corrected chi connectivity index (χ3v) is 5.49. The van der Waals surface area contributed by atoms with Crippen molar-refractivity contribution in [1.82, 2.24) is 25.3 Å². The van der Waals surface area contributed by atoms with Gasteiger partial charge in [0.15, 0.2) is 0 Å². The van der Waals surface area contributed by atoms with Crippen LogP contribution in [0.15, 0.2) is 54.9 Å². The lowest BCUT2D eigenvalue weighted by Crippen LogP contribution is -2.32. The largest absolute Gasteiger partial charge is 0.497 e. The first kappa shape index (κ1) is 23.2. The van der Waals surface area contributed by atoms with E-state index < -0.39 is 5.91 Å². The molecule has 0 saturated heterocycles. The number of aryl methyl sites for hydroxylation is 1. The monoisotopic (exact) mass is 459 g/mol. The number of aromatic nitrogens is 4. The number of methoxy groups -OCH3 is 1. The zero-order valence-corrected chi connectivity index (χ0v) is 19.8. The molecule has 2 heterocycles. The van der Waals surface area contributed by atoms with Gasteiger partial charge in [-0.25, -0.2) is 0 Å². The Morgan fingerprint density at radius 2 is 1.97 bits per heavy atom. The van der Waals surface area contributed by atoms with E-state index in [0.29, 0.717) is 23.9 Å². The highest BCUT2D eigenvalue weighted by Crippen LogP contribution is 2.32. The van der Waals surface area contributed by atoms with Crippen molar-refractivity contribution in [1.29, 1.82) is 0 Å². The van der Waals surface area contributed by atoms with Gasteiger partial charge in [-0.1, -0.05) is 13.8 Å². The Hall–Kier alpha value is -3.98. The normalized spacial score (nSPS) is 11.2. The summed E-state index contributed by atoms with van der Waals surface area (Å²) < 4.78 is 7.17. The number of carbonyl (C=O) groups excluding carboxylic acids is 1. The number of benzene rings is 2. The first-order valence-corrected chi connectivity index (χ1v) is 11.1. The SMILES string of the molecule is COc1cc(C(N)=O)cc(N(CCNC(C)C)c2ccc3nnc(-c4cnn(C)c4)cc3c2)c1. The van der Waals surface area contributed by atoms with Crippen LogP contribution < -0.4 is 20.7 Å². The quantitative estimate of drug-likeness (QED) is 0.395. The molecule has 0 unspecified atom stereocenters. The summed E-state index contributed by atoms with van der Waals surface area (Å²) in [7, 11) is 3.44. The van der Waals surface area contributed by atoms with Crippen molar-refractivity contribution in [3.63, 3.8) is 0 Å². The number of nitrogens with one attached hydrogen (secondary N) is 1. The number of amides is 1. The van der Waals surface area contributed by atoms with E-state index in [9.17, 15) is 4.79 Å². The van der Waals surface area contributed by atoms with Gasteiger partial charge in [-0.3, -0.25) is 9.48 Å². The standard InChI is InChI=1S/C25H29N7O2/c1-16(2)27-7-8-32(21-10-18(25(26)33)11-22(13-21)34-4)20-5-6-23-17(9-20)12-24(30-29-23)19-14-28-31(3)15-19/h5-6,9-16,27H,7-8H2,1-4H3,(H2,26,33). The first-order valence-electron chi connectivity index (χ1n) is 11.1. The molecular weight excluding hydrogens is 430 g/mol. The highest BCUT2D eigenvalue weighted by atomic mass is 16.5. The number of fused-ring (bicyclic) bond motifs is 1. The predicted molar refractivity (Wildman–Crippen MR) is 133 cm³/mol. The number of hydrogen-bond donors (Lipinski definition) is 2. The third kappa shape index (κ3) is 5.15. The molecule has 2 aromatic heterocycles. The number of primary amides is 1. The van der Waals surface area contributed by atoms with Crippen LogP contribution in [0, 0.1) is 0 Å². The highest BCUT2D eigenvalue weighted by Gasteiger charge is 2.15. The molecule has 0 atom stereocenters. The van der Waals surface area contributed by atoms with Crippen molar-refractivity contribution in [3.8, 4) is 17.0 Å². The molecule has 176 valence electrons. The summed E-state index contributed by atoms with van der Waals surface area (Å²) in [5.41, 5.74) is 10.2. The molecule has 2 aromatic carbocycles. The summed E-state index contributed by atoms with van der Waals surface area (Å²) in [6.07, 6.45) is 3.68. The van der Waals surface area contributed by atoms with Crippen LogP contribution >= 0.6 is 0 Å². The molecule has 0 fully saturated rings. The summed E-state index contributed by atoms with van der Waals surface area (Å²) in [5, 5.41) is 17.4. The van der Waals surface area contributed by atoms with Crippen molar-refractivity contribution >= 4 is 28.2 Å². The fourth-order valence-corrected chi connectivity index (χ4v) is 3.77. The summed E-state index contributed by atoms with van der Waals surface area (Å²) in [5.74, 6) is 0.0638. The van der Waals surface area contributed by atoms with Crippen molar-refractivity contribution in [3.05, 3.63) is 60.4 Å². The molecule has 4 rings (SSSR count). The molecule has 9 heteroatoms. The van der Waals surface area contributed by atoms with Gasteiger partial charge in [-0.15, -0.1) is 10.2 Å². The minimum absolute atomic E-state index is 0.349. The van der Waals surface area contributed by atoms with Crippen LogP contribution in [0.4, 0.5) is 11.4 Å². The van der Waals surface area contributed by atoms with E-state index >= 15 is 0 Å². The van der Waals surface area contributed by atoms with Crippen LogP contribution in [0.3, 0.4) is 0 Å². The van der Waals surface area contributed by atoms with E-state index in [4.69, 9.17) is 10.5 Å². The van der Waals surface area contributed by atoms with Crippen LogP contribution in [-0.4, -0.2) is 52.1 Å². The number of anilines is 2. The van der Waals surface area contributed by atoms with Crippen LogP contribution in [0.5, 0.6) is 5.75 Å². The second-order valence-corrected chi connectivity index (χ2v) is 8.42. The maximum absolute atomic E-state index is 11.9. The molecule has 9 nitrogen and oxygen atoms in total. The molecule has 0 spiro atoms. The van der Waals surface area contributed by atoms with E-state index in [1.54, 1.807) is 30.1 Å². The highest BCUT2D eigenvalue weighted by molar-refractivity contribution is 5.95. The fraction of sp³-hybridized carbons (Fsp3) is 0.280. The molecule has 0 aliphatic heterocycles. The maximum Gasteiger partial charge on any atom is 0.248 e. The molecular formula is C25H29N7O2. The average molecular weight is 460 g/mol. The lowest BCUT2D eigenvalue weighted by atomic mass is 10.1. The first-order chi connectivity index (χ1) is 16.3. The Morgan fingerprint density at radius 3 is 2.65 bits per heavy atom. The topological polar surface area (TPSA) is 111 Å². The smallest absolute Gasteiger partial charge is 0.248 e. The molecule has 0 saturated carbocycles. The number of ether oxygens (including phenoxy) is 1. The average Bonchev–Trinajstić information content (AvgIpc) is 3.27. The molecule has 4 aromatic rings. The van der Waals surface area contributed by atoms with E-state index in [1.165, 1.54) is 0 Å². The molecule has 0 aliphatic rings. The van der Waals surface area contributed by atoms with Gasteiger partial charge < -0.3 is 20.7 Å². The van der Waals surface area contributed by atoms with E-state index in [-0.39, 0.29) is 0 Å². The van der Waals surface area contributed by atoms with Crippen LogP contribution in [0.1, 0.15) is 24.2 Å². The fourth-order valence-electron chi connectivity index (χ4n) is 3.77.